The minimum absolute atomic E-state index is 0.0442. The van der Waals surface area contributed by atoms with Gasteiger partial charge in [-0.1, -0.05) is 42.7 Å². The molecule has 3 rings (SSSR count). The lowest BCUT2D eigenvalue weighted by molar-refractivity contribution is -0.139. The Morgan fingerprint density at radius 2 is 1.77 bits per heavy atom. The number of nitrogens with zero attached hydrogens (tertiary/aromatic N) is 1. The first-order chi connectivity index (χ1) is 12.6. The third-order valence-corrected chi connectivity index (χ3v) is 5.30. The summed E-state index contributed by atoms with van der Waals surface area (Å²) in [5.74, 6) is -1.05. The third kappa shape index (κ3) is 5.05. The maximum Gasteiger partial charge on any atom is 0.309 e. The quantitative estimate of drug-likeness (QED) is 0.783. The number of morpholine rings is 1. The van der Waals surface area contributed by atoms with E-state index in [0.29, 0.717) is 19.8 Å². The summed E-state index contributed by atoms with van der Waals surface area (Å²) in [7, 11) is 0. The molecule has 0 aromatic heterocycles. The second-order valence-corrected chi connectivity index (χ2v) is 7.24. The van der Waals surface area contributed by atoms with Gasteiger partial charge in [-0.25, -0.2) is 0 Å². The number of nitrogens with one attached hydrogen (secondary N) is 2. The molecule has 26 heavy (non-hydrogen) atoms. The Morgan fingerprint density at radius 1 is 1.12 bits per heavy atom. The van der Waals surface area contributed by atoms with Gasteiger partial charge in [0.2, 0.25) is 0 Å². The topological polar surface area (TPSA) is 70.7 Å². The Kier molecular flexibility index (Phi) is 6.63. The molecule has 0 unspecified atom stereocenters. The molecule has 2 amide bonds. The van der Waals surface area contributed by atoms with Crippen LogP contribution in [0, 0.1) is 6.92 Å². The monoisotopic (exact) mass is 359 g/mol. The van der Waals surface area contributed by atoms with Gasteiger partial charge in [-0.15, -0.1) is 0 Å². The maximum absolute atomic E-state index is 12.2. The first kappa shape index (κ1) is 18.9. The summed E-state index contributed by atoms with van der Waals surface area (Å²) in [5, 5.41) is 5.68. The van der Waals surface area contributed by atoms with E-state index in [9.17, 15) is 9.59 Å². The number of carbonyl (C=O) groups excluding carboxylic acids is 2. The average Bonchev–Trinajstić information content (AvgIpc) is 3.17. The molecule has 0 bridgehead atoms. The van der Waals surface area contributed by atoms with Crippen molar-refractivity contribution in [3.63, 3.8) is 0 Å². The van der Waals surface area contributed by atoms with Crippen molar-refractivity contribution in [1.29, 1.82) is 0 Å². The van der Waals surface area contributed by atoms with Crippen LogP contribution in [-0.4, -0.2) is 55.6 Å². The predicted molar refractivity (Wildman–Crippen MR) is 99.7 cm³/mol. The van der Waals surface area contributed by atoms with Crippen LogP contribution in [0.2, 0.25) is 0 Å². The first-order valence-electron chi connectivity index (χ1n) is 9.60. The van der Waals surface area contributed by atoms with Gasteiger partial charge >= 0.3 is 11.8 Å². The third-order valence-electron chi connectivity index (χ3n) is 5.30. The van der Waals surface area contributed by atoms with Gasteiger partial charge in [0.15, 0.2) is 0 Å². The van der Waals surface area contributed by atoms with E-state index < -0.39 is 11.8 Å². The number of ether oxygens (including phenoxy) is 1. The summed E-state index contributed by atoms with van der Waals surface area (Å²) in [6, 6.07) is 8.55. The van der Waals surface area contributed by atoms with Crippen molar-refractivity contribution in [2.75, 3.05) is 32.8 Å². The van der Waals surface area contributed by atoms with E-state index in [2.05, 4.69) is 46.7 Å². The molecule has 2 aliphatic rings. The lowest BCUT2D eigenvalue weighted by Gasteiger charge is -2.35. The molecular formula is C20H29N3O3. The lowest BCUT2D eigenvalue weighted by Crippen LogP contribution is -2.48. The van der Waals surface area contributed by atoms with Gasteiger partial charge in [0.25, 0.3) is 0 Å². The fourth-order valence-corrected chi connectivity index (χ4v) is 3.73. The molecule has 1 aliphatic heterocycles. The summed E-state index contributed by atoms with van der Waals surface area (Å²) in [4.78, 5) is 26.7. The van der Waals surface area contributed by atoms with Crippen LogP contribution in [0.3, 0.4) is 0 Å². The summed E-state index contributed by atoms with van der Waals surface area (Å²) in [6.45, 7) is 5.50. The molecule has 2 N–H and O–H groups in total. The smallest absolute Gasteiger partial charge is 0.309 e. The zero-order chi connectivity index (χ0) is 18.4. The maximum atomic E-state index is 12.2. The van der Waals surface area contributed by atoms with Crippen LogP contribution in [0.25, 0.3) is 0 Å². The lowest BCUT2D eigenvalue weighted by atomic mass is 10.0. The second kappa shape index (κ2) is 9.14. The van der Waals surface area contributed by atoms with Gasteiger partial charge in [-0.05, 0) is 25.3 Å². The number of hydrogen-bond donors (Lipinski definition) is 2. The number of carbonyl (C=O) groups is 2. The fraction of sp³-hybridized carbons (Fsp3) is 0.600. The van der Waals surface area contributed by atoms with E-state index in [1.807, 2.05) is 0 Å². The molecular weight excluding hydrogens is 330 g/mol. The highest BCUT2D eigenvalue weighted by molar-refractivity contribution is 6.35. The Balaban J connectivity index is 1.60. The van der Waals surface area contributed by atoms with Crippen molar-refractivity contribution in [2.45, 2.75) is 44.7 Å². The predicted octanol–water partition coefficient (Wildman–Crippen LogP) is 1.54. The Hall–Kier alpha value is -1.92. The zero-order valence-electron chi connectivity index (χ0n) is 15.5. The summed E-state index contributed by atoms with van der Waals surface area (Å²) in [5.41, 5.74) is 2.35. The molecule has 142 valence electrons. The van der Waals surface area contributed by atoms with E-state index in [1.165, 1.54) is 5.56 Å². The molecule has 2 fully saturated rings. The highest BCUT2D eigenvalue weighted by Gasteiger charge is 2.25. The highest BCUT2D eigenvalue weighted by Crippen LogP contribution is 2.22. The number of amides is 2. The van der Waals surface area contributed by atoms with Gasteiger partial charge in [-0.2, -0.15) is 0 Å². The molecule has 6 nitrogen and oxygen atoms in total. The van der Waals surface area contributed by atoms with Crippen LogP contribution < -0.4 is 10.6 Å². The molecule has 1 aliphatic carbocycles. The molecule has 1 atom stereocenters. The highest BCUT2D eigenvalue weighted by atomic mass is 16.5. The first-order valence-corrected chi connectivity index (χ1v) is 9.60. The second-order valence-electron chi connectivity index (χ2n) is 7.24. The SMILES string of the molecule is Cc1ccc([C@H](CNC(=O)C(=O)NC2CCCC2)N2CCOCC2)cc1. The van der Waals surface area contributed by atoms with Crippen molar-refractivity contribution in [3.8, 4) is 0 Å². The van der Waals surface area contributed by atoms with Crippen molar-refractivity contribution in [1.82, 2.24) is 15.5 Å². The van der Waals surface area contributed by atoms with Gasteiger partial charge < -0.3 is 15.4 Å². The van der Waals surface area contributed by atoms with Crippen molar-refractivity contribution >= 4 is 11.8 Å². The Labute approximate surface area is 155 Å². The Morgan fingerprint density at radius 3 is 2.42 bits per heavy atom. The van der Waals surface area contributed by atoms with E-state index in [1.54, 1.807) is 0 Å². The van der Waals surface area contributed by atoms with Crippen LogP contribution in [0.15, 0.2) is 24.3 Å². The summed E-state index contributed by atoms with van der Waals surface area (Å²) < 4.78 is 5.45. The van der Waals surface area contributed by atoms with Gasteiger partial charge in [0.05, 0.1) is 19.3 Å². The molecule has 0 spiro atoms. The zero-order valence-corrected chi connectivity index (χ0v) is 15.5. The van der Waals surface area contributed by atoms with Crippen LogP contribution >= 0.6 is 0 Å². The average molecular weight is 359 g/mol. The van der Waals surface area contributed by atoms with Crippen molar-refractivity contribution in [2.24, 2.45) is 0 Å². The van der Waals surface area contributed by atoms with Crippen LogP contribution in [0.4, 0.5) is 0 Å². The normalized spacial score (nSPS) is 19.9. The van der Waals surface area contributed by atoms with E-state index >= 15 is 0 Å². The minimum Gasteiger partial charge on any atom is -0.379 e. The van der Waals surface area contributed by atoms with E-state index in [-0.39, 0.29) is 12.1 Å². The molecule has 6 heteroatoms. The number of hydrogen-bond acceptors (Lipinski definition) is 4. The van der Waals surface area contributed by atoms with Crippen LogP contribution in [-0.2, 0) is 14.3 Å². The van der Waals surface area contributed by atoms with E-state index in [4.69, 9.17) is 4.74 Å². The number of aryl methyl sites for hydroxylation is 1. The van der Waals surface area contributed by atoms with Gasteiger partial charge in [0, 0.05) is 25.7 Å². The number of rotatable bonds is 5. The minimum atomic E-state index is -0.540. The van der Waals surface area contributed by atoms with Crippen molar-refractivity contribution in [3.05, 3.63) is 35.4 Å². The van der Waals surface area contributed by atoms with Gasteiger partial charge in [0.1, 0.15) is 0 Å². The largest absolute Gasteiger partial charge is 0.379 e. The number of benzene rings is 1. The van der Waals surface area contributed by atoms with Crippen molar-refractivity contribution < 1.29 is 14.3 Å². The van der Waals surface area contributed by atoms with Crippen LogP contribution in [0.5, 0.6) is 0 Å². The fourth-order valence-electron chi connectivity index (χ4n) is 3.73. The van der Waals surface area contributed by atoms with Gasteiger partial charge in [-0.3, -0.25) is 14.5 Å². The van der Waals surface area contributed by atoms with E-state index in [0.717, 1.165) is 44.3 Å². The molecule has 1 aromatic rings. The molecule has 1 saturated carbocycles. The molecule has 1 heterocycles. The molecule has 1 aromatic carbocycles. The van der Waals surface area contributed by atoms with Crippen LogP contribution in [0.1, 0.15) is 42.9 Å². The molecule has 1 saturated heterocycles. The summed E-state index contributed by atoms with van der Waals surface area (Å²) in [6.07, 6.45) is 4.19. The molecule has 0 radical (unpaired) electrons. The Bertz CT molecular complexity index is 605. The standard InChI is InChI=1S/C20H29N3O3/c1-15-6-8-16(9-7-15)18(23-10-12-26-13-11-23)14-21-19(24)20(25)22-17-4-2-3-5-17/h6-9,17-18H,2-5,10-14H2,1H3,(H,21,24)(H,22,25)/t18-/m0/s1. The summed E-state index contributed by atoms with van der Waals surface area (Å²) >= 11 is 0.